The molecular formula is C20H20F2N2O2. The van der Waals surface area contributed by atoms with Gasteiger partial charge in [0.25, 0.3) is 0 Å². The fraction of sp³-hybridized carbons (Fsp3) is 0.350. The highest BCUT2D eigenvalue weighted by atomic mass is 19.1. The lowest BCUT2D eigenvalue weighted by molar-refractivity contribution is -0.118. The van der Waals surface area contributed by atoms with E-state index >= 15 is 0 Å². The summed E-state index contributed by atoms with van der Waals surface area (Å²) in [6, 6.07) is 9.89. The van der Waals surface area contributed by atoms with Crippen LogP contribution in [0.4, 0.5) is 14.5 Å². The first kappa shape index (κ1) is 17.0. The van der Waals surface area contributed by atoms with Gasteiger partial charge in [0.05, 0.1) is 5.69 Å². The molecule has 4 nitrogen and oxygen atoms in total. The molecule has 2 aromatic carbocycles. The minimum absolute atomic E-state index is 0.0178. The SMILES string of the molecule is O=C(Nc1ccccc1Oc1cc(F)cc(F)c1)C1CC12CCNCC2. The molecule has 1 unspecified atom stereocenters. The molecule has 2 aliphatic rings. The van der Waals surface area contributed by atoms with Gasteiger partial charge in [0.1, 0.15) is 17.4 Å². The first-order valence-corrected chi connectivity index (χ1v) is 8.80. The van der Waals surface area contributed by atoms with Gasteiger partial charge >= 0.3 is 0 Å². The number of ether oxygens (including phenoxy) is 1. The Morgan fingerprint density at radius 1 is 1.12 bits per heavy atom. The highest BCUT2D eigenvalue weighted by molar-refractivity contribution is 5.96. The maximum Gasteiger partial charge on any atom is 0.228 e. The summed E-state index contributed by atoms with van der Waals surface area (Å²) < 4.78 is 32.3. The van der Waals surface area contributed by atoms with Crippen LogP contribution in [0.3, 0.4) is 0 Å². The minimum Gasteiger partial charge on any atom is -0.455 e. The smallest absolute Gasteiger partial charge is 0.228 e. The van der Waals surface area contributed by atoms with E-state index in [9.17, 15) is 13.6 Å². The van der Waals surface area contributed by atoms with Gasteiger partial charge in [0, 0.05) is 24.1 Å². The van der Waals surface area contributed by atoms with Crippen molar-refractivity contribution in [3.05, 3.63) is 54.1 Å². The van der Waals surface area contributed by atoms with Crippen molar-refractivity contribution in [3.8, 4) is 11.5 Å². The largest absolute Gasteiger partial charge is 0.455 e. The van der Waals surface area contributed by atoms with Crippen molar-refractivity contribution in [3.63, 3.8) is 0 Å². The maximum absolute atomic E-state index is 13.4. The molecule has 2 aromatic rings. The van der Waals surface area contributed by atoms with Gasteiger partial charge in [-0.2, -0.15) is 0 Å². The zero-order valence-electron chi connectivity index (χ0n) is 14.2. The first-order valence-electron chi connectivity index (χ1n) is 8.80. The molecule has 1 saturated carbocycles. The summed E-state index contributed by atoms with van der Waals surface area (Å²) in [4.78, 5) is 12.7. The number of carbonyl (C=O) groups is 1. The van der Waals surface area contributed by atoms with Crippen molar-refractivity contribution in [2.45, 2.75) is 19.3 Å². The number of carbonyl (C=O) groups excluding carboxylic acids is 1. The van der Waals surface area contributed by atoms with E-state index in [1.165, 1.54) is 0 Å². The Balaban J connectivity index is 1.48. The molecule has 6 heteroatoms. The van der Waals surface area contributed by atoms with E-state index in [0.29, 0.717) is 11.4 Å². The van der Waals surface area contributed by atoms with Crippen molar-refractivity contribution >= 4 is 11.6 Å². The number of halogens is 2. The van der Waals surface area contributed by atoms with Gasteiger partial charge in [-0.15, -0.1) is 0 Å². The van der Waals surface area contributed by atoms with Crippen molar-refractivity contribution in [1.82, 2.24) is 5.32 Å². The Morgan fingerprint density at radius 3 is 2.54 bits per heavy atom. The van der Waals surface area contributed by atoms with Crippen LogP contribution in [0.2, 0.25) is 0 Å². The van der Waals surface area contributed by atoms with Gasteiger partial charge in [-0.3, -0.25) is 4.79 Å². The predicted octanol–water partition coefficient (Wildman–Crippen LogP) is 4.09. The molecule has 4 rings (SSSR count). The average molecular weight is 358 g/mol. The molecule has 1 heterocycles. The van der Waals surface area contributed by atoms with E-state index in [2.05, 4.69) is 10.6 Å². The Kier molecular flexibility index (Phi) is 4.36. The standard InChI is InChI=1S/C20H20F2N2O2/c21-13-9-14(22)11-15(10-13)26-18-4-2-1-3-17(18)24-19(25)16-12-20(16)5-7-23-8-6-20/h1-4,9-11,16,23H,5-8,12H2,(H,24,25). The molecule has 2 fully saturated rings. The highest BCUT2D eigenvalue weighted by Crippen LogP contribution is 2.58. The summed E-state index contributed by atoms with van der Waals surface area (Å²) in [5.74, 6) is -1.03. The normalized spacial score (nSPS) is 20.6. The number of benzene rings is 2. The molecule has 1 aliphatic heterocycles. The molecule has 1 atom stereocenters. The Hall–Kier alpha value is -2.47. The molecular weight excluding hydrogens is 338 g/mol. The van der Waals surface area contributed by atoms with E-state index in [-0.39, 0.29) is 23.0 Å². The van der Waals surface area contributed by atoms with Crippen LogP contribution in [0.25, 0.3) is 0 Å². The molecule has 1 aliphatic carbocycles. The maximum atomic E-state index is 13.4. The van der Waals surface area contributed by atoms with Gasteiger partial charge in [0.15, 0.2) is 5.75 Å². The molecule has 0 radical (unpaired) electrons. The number of hydrogen-bond donors (Lipinski definition) is 2. The quantitative estimate of drug-likeness (QED) is 0.866. The summed E-state index contributed by atoms with van der Waals surface area (Å²) in [5, 5.41) is 6.24. The molecule has 0 bridgehead atoms. The molecule has 1 amide bonds. The number of nitrogens with one attached hydrogen (secondary N) is 2. The third-order valence-corrected chi connectivity index (χ3v) is 5.31. The zero-order chi connectivity index (χ0) is 18.1. The number of hydrogen-bond acceptors (Lipinski definition) is 3. The number of anilines is 1. The lowest BCUT2D eigenvalue weighted by atomic mass is 9.92. The summed E-state index contributed by atoms with van der Waals surface area (Å²) in [6.45, 7) is 1.91. The van der Waals surface area contributed by atoms with Crippen molar-refractivity contribution in [1.29, 1.82) is 0 Å². The number of piperidine rings is 1. The van der Waals surface area contributed by atoms with E-state index in [1.807, 2.05) is 0 Å². The number of rotatable bonds is 4. The predicted molar refractivity (Wildman–Crippen MR) is 94.1 cm³/mol. The Morgan fingerprint density at radius 2 is 1.81 bits per heavy atom. The fourth-order valence-electron chi connectivity index (χ4n) is 3.79. The number of para-hydroxylation sites is 2. The fourth-order valence-corrected chi connectivity index (χ4v) is 3.79. The third-order valence-electron chi connectivity index (χ3n) is 5.31. The average Bonchev–Trinajstić information content (AvgIpc) is 3.29. The summed E-state index contributed by atoms with van der Waals surface area (Å²) in [6.07, 6.45) is 2.95. The first-order chi connectivity index (χ1) is 12.6. The monoisotopic (exact) mass is 358 g/mol. The van der Waals surface area contributed by atoms with E-state index in [4.69, 9.17) is 4.74 Å². The van der Waals surface area contributed by atoms with E-state index in [1.54, 1.807) is 24.3 Å². The molecule has 2 N–H and O–H groups in total. The molecule has 136 valence electrons. The van der Waals surface area contributed by atoms with Crippen LogP contribution in [-0.4, -0.2) is 19.0 Å². The molecule has 1 spiro atoms. The second-order valence-electron chi connectivity index (χ2n) is 7.06. The van der Waals surface area contributed by atoms with Gasteiger partial charge < -0.3 is 15.4 Å². The molecule has 26 heavy (non-hydrogen) atoms. The van der Waals surface area contributed by atoms with Crippen LogP contribution in [0.15, 0.2) is 42.5 Å². The van der Waals surface area contributed by atoms with Crippen LogP contribution < -0.4 is 15.4 Å². The second-order valence-corrected chi connectivity index (χ2v) is 7.06. The molecule has 0 aromatic heterocycles. The van der Waals surface area contributed by atoms with E-state index < -0.39 is 11.6 Å². The lowest BCUT2D eigenvalue weighted by Crippen LogP contribution is -2.31. The van der Waals surface area contributed by atoms with Crippen molar-refractivity contribution < 1.29 is 18.3 Å². The highest BCUT2D eigenvalue weighted by Gasteiger charge is 2.57. The third kappa shape index (κ3) is 3.42. The number of amides is 1. The van der Waals surface area contributed by atoms with Gasteiger partial charge in [-0.05, 0) is 49.9 Å². The topological polar surface area (TPSA) is 50.4 Å². The Bertz CT molecular complexity index is 814. The summed E-state index contributed by atoms with van der Waals surface area (Å²) in [5.41, 5.74) is 0.634. The van der Waals surface area contributed by atoms with Crippen LogP contribution in [0.1, 0.15) is 19.3 Å². The molecule has 1 saturated heterocycles. The zero-order valence-corrected chi connectivity index (χ0v) is 14.2. The van der Waals surface area contributed by atoms with E-state index in [0.717, 1.165) is 50.6 Å². The second kappa shape index (κ2) is 6.68. The van der Waals surface area contributed by atoms with Crippen LogP contribution in [0, 0.1) is 23.0 Å². The van der Waals surface area contributed by atoms with Crippen molar-refractivity contribution in [2.24, 2.45) is 11.3 Å². The van der Waals surface area contributed by atoms with Gasteiger partial charge in [0.2, 0.25) is 5.91 Å². The van der Waals surface area contributed by atoms with Gasteiger partial charge in [-0.25, -0.2) is 8.78 Å². The van der Waals surface area contributed by atoms with Crippen molar-refractivity contribution in [2.75, 3.05) is 18.4 Å². The van der Waals surface area contributed by atoms with Crippen LogP contribution in [-0.2, 0) is 4.79 Å². The lowest BCUT2D eigenvalue weighted by Gasteiger charge is -2.23. The minimum atomic E-state index is -0.715. The van der Waals surface area contributed by atoms with Crippen LogP contribution in [0.5, 0.6) is 11.5 Å². The summed E-state index contributed by atoms with van der Waals surface area (Å²) in [7, 11) is 0. The Labute approximate surface area is 150 Å². The van der Waals surface area contributed by atoms with Crippen LogP contribution >= 0.6 is 0 Å². The summed E-state index contributed by atoms with van der Waals surface area (Å²) >= 11 is 0. The van der Waals surface area contributed by atoms with Gasteiger partial charge in [-0.1, -0.05) is 12.1 Å².